The lowest BCUT2D eigenvalue weighted by Gasteiger charge is -1.92. The van der Waals surface area contributed by atoms with Crippen molar-refractivity contribution in [2.45, 2.75) is 0 Å². The van der Waals surface area contributed by atoms with E-state index in [1.54, 1.807) is 24.3 Å². The molecule has 0 aliphatic carbocycles. The van der Waals surface area contributed by atoms with Crippen molar-refractivity contribution < 1.29 is 9.59 Å². The first-order valence-electron chi connectivity index (χ1n) is 4.33. The van der Waals surface area contributed by atoms with E-state index in [1.807, 2.05) is 5.43 Å². The van der Waals surface area contributed by atoms with Crippen LogP contribution in [0.25, 0.3) is 10.9 Å². The number of amides is 1. The van der Waals surface area contributed by atoms with Crippen molar-refractivity contribution in [2.75, 3.05) is 0 Å². The van der Waals surface area contributed by atoms with Crippen LogP contribution < -0.4 is 11.3 Å². The Labute approximate surface area is 85.2 Å². The number of aldehydes is 1. The fraction of sp³-hybridized carbons (Fsp3) is 0. The number of benzene rings is 1. The molecule has 0 fully saturated rings. The first-order valence-corrected chi connectivity index (χ1v) is 4.33. The fourth-order valence-corrected chi connectivity index (χ4v) is 1.42. The molecule has 5 heteroatoms. The van der Waals surface area contributed by atoms with Crippen molar-refractivity contribution in [2.24, 2.45) is 5.84 Å². The highest BCUT2D eigenvalue weighted by Crippen LogP contribution is 2.16. The minimum atomic E-state index is -0.390. The van der Waals surface area contributed by atoms with E-state index in [2.05, 4.69) is 4.98 Å². The number of rotatable bonds is 2. The van der Waals surface area contributed by atoms with E-state index >= 15 is 0 Å². The van der Waals surface area contributed by atoms with E-state index in [-0.39, 0.29) is 5.91 Å². The third-order valence-corrected chi connectivity index (χ3v) is 2.16. The monoisotopic (exact) mass is 203 g/mol. The number of carbonyl (C=O) groups is 2. The standard InChI is InChI=1S/C10H9N3O2/c11-13-10(15)9-4-7-3-6(5-14)1-2-8(7)12-9/h1-5,12H,11H2,(H,13,15). The molecular formula is C10H9N3O2. The average Bonchev–Trinajstić information content (AvgIpc) is 2.70. The van der Waals surface area contributed by atoms with Crippen LogP contribution in [0.15, 0.2) is 24.3 Å². The van der Waals surface area contributed by atoms with Gasteiger partial charge in [-0.2, -0.15) is 0 Å². The number of aromatic nitrogens is 1. The molecule has 4 N–H and O–H groups in total. The average molecular weight is 203 g/mol. The summed E-state index contributed by atoms with van der Waals surface area (Å²) in [5.74, 6) is 4.62. The molecule has 0 bridgehead atoms. The van der Waals surface area contributed by atoms with Crippen molar-refractivity contribution in [3.05, 3.63) is 35.5 Å². The van der Waals surface area contributed by atoms with Gasteiger partial charge >= 0.3 is 0 Å². The predicted molar refractivity (Wildman–Crippen MR) is 55.3 cm³/mol. The van der Waals surface area contributed by atoms with Gasteiger partial charge in [0.25, 0.3) is 5.91 Å². The maximum Gasteiger partial charge on any atom is 0.281 e. The molecular weight excluding hydrogens is 194 g/mol. The summed E-state index contributed by atoms with van der Waals surface area (Å²) in [5, 5.41) is 0.804. The Balaban J connectivity index is 2.55. The summed E-state index contributed by atoms with van der Waals surface area (Å²) in [4.78, 5) is 24.6. The zero-order chi connectivity index (χ0) is 10.8. The van der Waals surface area contributed by atoms with Gasteiger partial charge in [-0.05, 0) is 24.3 Å². The van der Waals surface area contributed by atoms with E-state index in [1.165, 1.54) is 0 Å². The van der Waals surface area contributed by atoms with Crippen LogP contribution in [-0.2, 0) is 0 Å². The molecule has 1 aromatic heterocycles. The first kappa shape index (κ1) is 9.42. The Hall–Kier alpha value is -2.14. The normalized spacial score (nSPS) is 10.2. The van der Waals surface area contributed by atoms with Gasteiger partial charge in [0.05, 0.1) is 0 Å². The summed E-state index contributed by atoms with van der Waals surface area (Å²) in [6.45, 7) is 0. The third kappa shape index (κ3) is 1.60. The Morgan fingerprint density at radius 1 is 1.40 bits per heavy atom. The van der Waals surface area contributed by atoms with Gasteiger partial charge in [-0.1, -0.05) is 0 Å². The number of fused-ring (bicyclic) bond motifs is 1. The smallest absolute Gasteiger partial charge is 0.281 e. The Morgan fingerprint density at radius 3 is 2.87 bits per heavy atom. The molecule has 76 valence electrons. The van der Waals surface area contributed by atoms with Crippen LogP contribution in [0.2, 0.25) is 0 Å². The van der Waals surface area contributed by atoms with Crippen LogP contribution in [0.5, 0.6) is 0 Å². The SMILES string of the molecule is NNC(=O)c1cc2cc(C=O)ccc2[nH]1. The van der Waals surface area contributed by atoms with Crippen LogP contribution >= 0.6 is 0 Å². The summed E-state index contributed by atoms with van der Waals surface area (Å²) >= 11 is 0. The molecule has 1 aromatic carbocycles. The Kier molecular flexibility index (Phi) is 2.23. The molecule has 2 rings (SSSR count). The molecule has 15 heavy (non-hydrogen) atoms. The van der Waals surface area contributed by atoms with Crippen LogP contribution in [0.4, 0.5) is 0 Å². The van der Waals surface area contributed by atoms with Crippen molar-refractivity contribution >= 4 is 23.1 Å². The van der Waals surface area contributed by atoms with E-state index in [0.717, 1.165) is 17.2 Å². The molecule has 1 heterocycles. The van der Waals surface area contributed by atoms with Gasteiger partial charge in [0.2, 0.25) is 0 Å². The highest BCUT2D eigenvalue weighted by Gasteiger charge is 2.07. The second kappa shape index (κ2) is 3.55. The predicted octanol–water partition coefficient (Wildman–Crippen LogP) is 0.584. The van der Waals surface area contributed by atoms with Crippen LogP contribution in [-0.4, -0.2) is 17.2 Å². The number of carbonyl (C=O) groups excluding carboxylic acids is 2. The van der Waals surface area contributed by atoms with Gasteiger partial charge in [-0.3, -0.25) is 15.0 Å². The fourth-order valence-electron chi connectivity index (χ4n) is 1.42. The van der Waals surface area contributed by atoms with Gasteiger partial charge < -0.3 is 4.98 Å². The summed E-state index contributed by atoms with van der Waals surface area (Å²) in [7, 11) is 0. The second-order valence-corrected chi connectivity index (χ2v) is 3.12. The van der Waals surface area contributed by atoms with E-state index < -0.39 is 0 Å². The van der Waals surface area contributed by atoms with Crippen molar-refractivity contribution in [3.63, 3.8) is 0 Å². The van der Waals surface area contributed by atoms with Gasteiger partial charge in [0.15, 0.2) is 0 Å². The molecule has 0 saturated heterocycles. The van der Waals surface area contributed by atoms with E-state index in [4.69, 9.17) is 5.84 Å². The molecule has 2 aromatic rings. The first-order chi connectivity index (χ1) is 7.24. The lowest BCUT2D eigenvalue weighted by Crippen LogP contribution is -2.30. The quantitative estimate of drug-likeness (QED) is 0.289. The lowest BCUT2D eigenvalue weighted by molar-refractivity contribution is 0.0949. The van der Waals surface area contributed by atoms with Crippen molar-refractivity contribution in [3.8, 4) is 0 Å². The van der Waals surface area contributed by atoms with E-state index in [9.17, 15) is 9.59 Å². The zero-order valence-electron chi connectivity index (χ0n) is 7.78. The van der Waals surface area contributed by atoms with Crippen molar-refractivity contribution in [1.29, 1.82) is 0 Å². The lowest BCUT2D eigenvalue weighted by atomic mass is 10.2. The number of nitrogens with one attached hydrogen (secondary N) is 2. The molecule has 0 aliphatic heterocycles. The summed E-state index contributed by atoms with van der Waals surface area (Å²) < 4.78 is 0. The number of hydrogen-bond acceptors (Lipinski definition) is 3. The van der Waals surface area contributed by atoms with Gasteiger partial charge in [0, 0.05) is 16.5 Å². The maximum absolute atomic E-state index is 11.2. The molecule has 0 unspecified atom stereocenters. The molecule has 5 nitrogen and oxygen atoms in total. The summed E-state index contributed by atoms with van der Waals surface area (Å²) in [6.07, 6.45) is 0.759. The number of nitrogens with two attached hydrogens (primary N) is 1. The summed E-state index contributed by atoms with van der Waals surface area (Å²) in [6, 6.07) is 6.76. The minimum absolute atomic E-state index is 0.371. The van der Waals surface area contributed by atoms with Gasteiger partial charge in [0.1, 0.15) is 12.0 Å². The van der Waals surface area contributed by atoms with Crippen LogP contribution in [0, 0.1) is 0 Å². The molecule has 0 atom stereocenters. The Morgan fingerprint density at radius 2 is 2.20 bits per heavy atom. The minimum Gasteiger partial charge on any atom is -0.350 e. The number of nitrogen functional groups attached to an aromatic ring is 1. The highest BCUT2D eigenvalue weighted by molar-refractivity contribution is 5.98. The van der Waals surface area contributed by atoms with E-state index in [0.29, 0.717) is 11.3 Å². The largest absolute Gasteiger partial charge is 0.350 e. The van der Waals surface area contributed by atoms with Crippen LogP contribution in [0.1, 0.15) is 20.8 Å². The Bertz CT molecular complexity index is 530. The highest BCUT2D eigenvalue weighted by atomic mass is 16.2. The zero-order valence-corrected chi connectivity index (χ0v) is 7.78. The molecule has 0 radical (unpaired) electrons. The molecule has 1 amide bonds. The van der Waals surface area contributed by atoms with Crippen LogP contribution in [0.3, 0.4) is 0 Å². The summed E-state index contributed by atoms with van der Waals surface area (Å²) in [5.41, 5.74) is 3.76. The van der Waals surface area contributed by atoms with Gasteiger partial charge in [-0.25, -0.2) is 5.84 Å². The number of H-pyrrole nitrogens is 1. The molecule has 0 aliphatic rings. The maximum atomic E-state index is 11.2. The topological polar surface area (TPSA) is 88.0 Å². The third-order valence-electron chi connectivity index (χ3n) is 2.16. The molecule has 0 saturated carbocycles. The van der Waals surface area contributed by atoms with Gasteiger partial charge in [-0.15, -0.1) is 0 Å². The van der Waals surface area contributed by atoms with Crippen molar-refractivity contribution in [1.82, 2.24) is 10.4 Å². The number of hydrogen-bond donors (Lipinski definition) is 3. The second-order valence-electron chi connectivity index (χ2n) is 3.12. The number of hydrazine groups is 1. The molecule has 0 spiro atoms. The number of aromatic amines is 1.